The summed E-state index contributed by atoms with van der Waals surface area (Å²) in [5.41, 5.74) is 3.49. The van der Waals surface area contributed by atoms with E-state index in [1.54, 1.807) is 0 Å². The Bertz CT molecular complexity index is 1450. The second kappa shape index (κ2) is 9.07. The number of ether oxygens (including phenoxy) is 2. The van der Waals surface area contributed by atoms with E-state index in [0.29, 0.717) is 35.0 Å². The number of fused-ring (bicyclic) bond motifs is 2. The molecule has 4 aromatic rings. The van der Waals surface area contributed by atoms with Crippen LogP contribution in [0.2, 0.25) is 0 Å². The molecule has 2 aromatic carbocycles. The molecular formula is C26H24N4O4S. The predicted molar refractivity (Wildman–Crippen MR) is 135 cm³/mol. The maximum absolute atomic E-state index is 13.0. The summed E-state index contributed by atoms with van der Waals surface area (Å²) in [7, 11) is 0. The van der Waals surface area contributed by atoms with Crippen LogP contribution in [-0.2, 0) is 11.3 Å². The molecule has 2 aliphatic rings. The van der Waals surface area contributed by atoms with Crippen LogP contribution < -0.4 is 25.2 Å². The monoisotopic (exact) mass is 488 g/mol. The number of rotatable bonds is 5. The summed E-state index contributed by atoms with van der Waals surface area (Å²) in [5, 5.41) is 5.03. The molecule has 2 aliphatic heterocycles. The molecule has 1 saturated heterocycles. The zero-order chi connectivity index (χ0) is 23.8. The Morgan fingerprint density at radius 3 is 2.91 bits per heavy atom. The lowest BCUT2D eigenvalue weighted by atomic mass is 9.97. The van der Waals surface area contributed by atoms with Crippen molar-refractivity contribution in [3.05, 3.63) is 69.8 Å². The maximum atomic E-state index is 13.0. The first-order valence-electron chi connectivity index (χ1n) is 11.6. The molecule has 1 fully saturated rings. The average molecular weight is 489 g/mol. The highest BCUT2D eigenvalue weighted by Gasteiger charge is 2.28. The quantitative estimate of drug-likeness (QED) is 0.442. The number of H-pyrrole nitrogens is 1. The van der Waals surface area contributed by atoms with Crippen molar-refractivity contribution in [1.29, 1.82) is 0 Å². The largest absolute Gasteiger partial charge is 0.454 e. The Balaban J connectivity index is 1.18. The fraction of sp³-hybridized carbons (Fsp3) is 0.269. The van der Waals surface area contributed by atoms with Gasteiger partial charge in [-0.05, 0) is 36.1 Å². The van der Waals surface area contributed by atoms with Crippen LogP contribution in [0.3, 0.4) is 0 Å². The van der Waals surface area contributed by atoms with E-state index in [4.69, 9.17) is 14.5 Å². The average Bonchev–Trinajstić information content (AvgIpc) is 3.55. The van der Waals surface area contributed by atoms with Gasteiger partial charge in [-0.25, -0.2) is 4.98 Å². The van der Waals surface area contributed by atoms with Gasteiger partial charge in [-0.2, -0.15) is 0 Å². The SMILES string of the molecule is O=C(NCc1ccc2c(c1)OCO2)[C@H]1CCCN(c2nc3c(-c4ccccc4)csc3c(=O)[nH]2)C1. The van der Waals surface area contributed by atoms with Gasteiger partial charge < -0.3 is 19.7 Å². The number of carbonyl (C=O) groups excluding carboxylic acids is 1. The van der Waals surface area contributed by atoms with Crippen LogP contribution in [0.25, 0.3) is 21.3 Å². The first-order valence-corrected chi connectivity index (χ1v) is 12.5. The third kappa shape index (κ3) is 4.23. The van der Waals surface area contributed by atoms with Crippen molar-refractivity contribution in [1.82, 2.24) is 15.3 Å². The van der Waals surface area contributed by atoms with Crippen molar-refractivity contribution in [3.63, 3.8) is 0 Å². The number of thiophene rings is 1. The van der Waals surface area contributed by atoms with Gasteiger partial charge in [0.1, 0.15) is 4.70 Å². The minimum absolute atomic E-state index is 0.00343. The predicted octanol–water partition coefficient (Wildman–Crippen LogP) is 3.91. The molecule has 0 spiro atoms. The van der Waals surface area contributed by atoms with Crippen LogP contribution in [0.4, 0.5) is 5.95 Å². The minimum atomic E-state index is -0.185. The van der Waals surface area contributed by atoms with Crippen molar-refractivity contribution in [2.24, 2.45) is 5.92 Å². The van der Waals surface area contributed by atoms with Gasteiger partial charge in [-0.15, -0.1) is 11.3 Å². The van der Waals surface area contributed by atoms with Crippen LogP contribution in [-0.4, -0.2) is 35.8 Å². The standard InChI is InChI=1S/C26H24N4O4S/c31-24(27-12-16-8-9-20-21(11-16)34-15-33-20)18-7-4-10-30(13-18)26-28-22-19(17-5-2-1-3-6-17)14-35-23(22)25(32)29-26/h1-3,5-6,8-9,11,14,18H,4,7,10,12-13,15H2,(H,27,31)(H,28,29,32)/t18-/m0/s1. The van der Waals surface area contributed by atoms with Gasteiger partial charge in [0.05, 0.1) is 11.4 Å². The van der Waals surface area contributed by atoms with E-state index in [0.717, 1.165) is 41.8 Å². The molecule has 6 rings (SSSR count). The Morgan fingerprint density at radius 2 is 2.03 bits per heavy atom. The minimum Gasteiger partial charge on any atom is -0.454 e. The zero-order valence-corrected chi connectivity index (χ0v) is 19.8. The first kappa shape index (κ1) is 21.7. The molecule has 0 saturated carbocycles. The highest BCUT2D eigenvalue weighted by atomic mass is 32.1. The van der Waals surface area contributed by atoms with Gasteiger partial charge in [-0.3, -0.25) is 14.6 Å². The van der Waals surface area contributed by atoms with Crippen molar-refractivity contribution in [2.75, 3.05) is 24.8 Å². The fourth-order valence-electron chi connectivity index (χ4n) is 4.66. The highest BCUT2D eigenvalue weighted by molar-refractivity contribution is 7.17. The molecule has 0 aliphatic carbocycles. The molecule has 8 nitrogen and oxygen atoms in total. The van der Waals surface area contributed by atoms with Gasteiger partial charge in [0.25, 0.3) is 5.56 Å². The summed E-state index contributed by atoms with van der Waals surface area (Å²) in [6.45, 7) is 1.89. The first-order chi connectivity index (χ1) is 17.2. The van der Waals surface area contributed by atoms with Gasteiger partial charge in [0.2, 0.25) is 18.6 Å². The van der Waals surface area contributed by atoms with Gasteiger partial charge in [0, 0.05) is 30.6 Å². The van der Waals surface area contributed by atoms with Crippen LogP contribution in [0.15, 0.2) is 58.7 Å². The molecule has 0 bridgehead atoms. The number of amides is 1. The van der Waals surface area contributed by atoms with E-state index >= 15 is 0 Å². The molecule has 0 radical (unpaired) electrons. The summed E-state index contributed by atoms with van der Waals surface area (Å²) < 4.78 is 11.4. The smallest absolute Gasteiger partial charge is 0.270 e. The lowest BCUT2D eigenvalue weighted by molar-refractivity contribution is -0.125. The summed E-state index contributed by atoms with van der Waals surface area (Å²) in [4.78, 5) is 35.6. The van der Waals surface area contributed by atoms with Crippen molar-refractivity contribution < 1.29 is 14.3 Å². The van der Waals surface area contributed by atoms with Gasteiger partial charge in [0.15, 0.2) is 11.5 Å². The third-order valence-electron chi connectivity index (χ3n) is 6.49. The molecule has 1 atom stereocenters. The van der Waals surface area contributed by atoms with E-state index in [2.05, 4.69) is 10.3 Å². The Hall–Kier alpha value is -3.85. The van der Waals surface area contributed by atoms with E-state index in [-0.39, 0.29) is 24.2 Å². The summed E-state index contributed by atoms with van der Waals surface area (Å²) in [6.07, 6.45) is 1.64. The number of hydrogen-bond donors (Lipinski definition) is 2. The highest BCUT2D eigenvalue weighted by Crippen LogP contribution is 2.33. The molecule has 2 aromatic heterocycles. The fourth-order valence-corrected chi connectivity index (χ4v) is 5.56. The normalized spacial score (nSPS) is 17.0. The van der Waals surface area contributed by atoms with Crippen molar-refractivity contribution in [3.8, 4) is 22.6 Å². The lowest BCUT2D eigenvalue weighted by Gasteiger charge is -2.32. The Morgan fingerprint density at radius 1 is 1.17 bits per heavy atom. The molecule has 4 heterocycles. The van der Waals surface area contributed by atoms with E-state index < -0.39 is 0 Å². The van der Waals surface area contributed by atoms with Crippen LogP contribution in [0.5, 0.6) is 11.5 Å². The van der Waals surface area contributed by atoms with Crippen molar-refractivity contribution in [2.45, 2.75) is 19.4 Å². The second-order valence-electron chi connectivity index (χ2n) is 8.77. The number of aromatic nitrogens is 2. The molecule has 1 amide bonds. The number of nitrogens with zero attached hydrogens (tertiary/aromatic N) is 2. The number of hydrogen-bond acceptors (Lipinski definition) is 7. The van der Waals surface area contributed by atoms with Crippen molar-refractivity contribution >= 4 is 33.4 Å². The number of nitrogens with one attached hydrogen (secondary N) is 2. The number of aromatic amines is 1. The van der Waals surface area contributed by atoms with Crippen LogP contribution in [0.1, 0.15) is 18.4 Å². The molecule has 2 N–H and O–H groups in total. The summed E-state index contributed by atoms with van der Waals surface area (Å²) >= 11 is 1.40. The molecule has 35 heavy (non-hydrogen) atoms. The van der Waals surface area contributed by atoms with Gasteiger partial charge >= 0.3 is 0 Å². The number of carbonyl (C=O) groups is 1. The van der Waals surface area contributed by atoms with Crippen LogP contribution >= 0.6 is 11.3 Å². The maximum Gasteiger partial charge on any atom is 0.270 e. The molecule has 9 heteroatoms. The summed E-state index contributed by atoms with van der Waals surface area (Å²) in [6, 6.07) is 15.6. The number of benzene rings is 2. The lowest BCUT2D eigenvalue weighted by Crippen LogP contribution is -2.44. The number of anilines is 1. The third-order valence-corrected chi connectivity index (χ3v) is 7.46. The zero-order valence-electron chi connectivity index (χ0n) is 19.0. The van der Waals surface area contributed by atoms with E-state index in [1.165, 1.54) is 11.3 Å². The summed E-state index contributed by atoms with van der Waals surface area (Å²) in [5.74, 6) is 1.76. The second-order valence-corrected chi connectivity index (χ2v) is 9.65. The number of piperidine rings is 1. The Kier molecular flexibility index (Phi) is 5.61. The van der Waals surface area contributed by atoms with Gasteiger partial charge in [-0.1, -0.05) is 36.4 Å². The van der Waals surface area contributed by atoms with Crippen LogP contribution in [0, 0.1) is 5.92 Å². The topological polar surface area (TPSA) is 96.6 Å². The molecular weight excluding hydrogens is 464 g/mol. The van der Waals surface area contributed by atoms with E-state index in [9.17, 15) is 9.59 Å². The van der Waals surface area contributed by atoms with E-state index in [1.807, 2.05) is 58.8 Å². The Labute approximate surface area is 205 Å². The molecule has 0 unspecified atom stereocenters. The molecule has 178 valence electrons.